The SMILES string of the molecule is C[C@H]1CC(=O)N(Cc2ccccc2)[C@@H]1C(c1ccccc1)c1ccccc1. The van der Waals surface area contributed by atoms with Crippen molar-refractivity contribution in [2.75, 3.05) is 0 Å². The second-order valence-electron chi connectivity index (χ2n) is 7.48. The molecule has 0 aliphatic carbocycles. The van der Waals surface area contributed by atoms with Gasteiger partial charge in [-0.05, 0) is 22.6 Å². The lowest BCUT2D eigenvalue weighted by atomic mass is 9.80. The third kappa shape index (κ3) is 3.66. The van der Waals surface area contributed by atoms with Crippen LogP contribution in [0.25, 0.3) is 0 Å². The van der Waals surface area contributed by atoms with E-state index < -0.39 is 0 Å². The van der Waals surface area contributed by atoms with Gasteiger partial charge in [0.15, 0.2) is 0 Å². The average molecular weight is 355 g/mol. The molecular weight excluding hydrogens is 330 g/mol. The van der Waals surface area contributed by atoms with Crippen molar-refractivity contribution in [2.45, 2.75) is 31.8 Å². The fourth-order valence-electron chi connectivity index (χ4n) is 4.38. The number of benzene rings is 3. The van der Waals surface area contributed by atoms with Gasteiger partial charge in [0.25, 0.3) is 0 Å². The Morgan fingerprint density at radius 2 is 1.30 bits per heavy atom. The van der Waals surface area contributed by atoms with Crippen LogP contribution in [-0.4, -0.2) is 16.8 Å². The molecule has 2 heteroatoms. The van der Waals surface area contributed by atoms with Crippen molar-refractivity contribution in [1.29, 1.82) is 0 Å². The smallest absolute Gasteiger partial charge is 0.223 e. The van der Waals surface area contributed by atoms with Crippen LogP contribution in [0.1, 0.15) is 36.0 Å². The molecule has 2 atom stereocenters. The first-order chi connectivity index (χ1) is 13.2. The molecular formula is C25H25NO. The monoisotopic (exact) mass is 355 g/mol. The highest BCUT2D eigenvalue weighted by Gasteiger charge is 2.42. The summed E-state index contributed by atoms with van der Waals surface area (Å²) in [6.07, 6.45) is 0.619. The van der Waals surface area contributed by atoms with Crippen LogP contribution in [-0.2, 0) is 11.3 Å². The Bertz CT molecular complexity index is 836. The number of hydrogen-bond donors (Lipinski definition) is 0. The van der Waals surface area contributed by atoms with E-state index in [1.165, 1.54) is 16.7 Å². The Labute approximate surface area is 161 Å². The molecule has 1 aliphatic heterocycles. The molecule has 0 N–H and O–H groups in total. The zero-order valence-electron chi connectivity index (χ0n) is 15.7. The molecule has 4 rings (SSSR count). The van der Waals surface area contributed by atoms with Gasteiger partial charge in [-0.2, -0.15) is 0 Å². The molecule has 0 unspecified atom stereocenters. The van der Waals surface area contributed by atoms with Crippen LogP contribution in [0.2, 0.25) is 0 Å². The van der Waals surface area contributed by atoms with Crippen LogP contribution in [0, 0.1) is 5.92 Å². The van der Waals surface area contributed by atoms with E-state index in [4.69, 9.17) is 0 Å². The zero-order valence-corrected chi connectivity index (χ0v) is 15.7. The summed E-state index contributed by atoms with van der Waals surface area (Å²) in [4.78, 5) is 15.0. The molecule has 3 aromatic rings. The number of rotatable bonds is 5. The molecule has 2 nitrogen and oxygen atoms in total. The van der Waals surface area contributed by atoms with Gasteiger partial charge in [0, 0.05) is 24.9 Å². The lowest BCUT2D eigenvalue weighted by Gasteiger charge is -2.35. The van der Waals surface area contributed by atoms with Crippen molar-refractivity contribution in [2.24, 2.45) is 5.92 Å². The van der Waals surface area contributed by atoms with E-state index >= 15 is 0 Å². The third-order valence-corrected chi connectivity index (χ3v) is 5.61. The fourth-order valence-corrected chi connectivity index (χ4v) is 4.38. The average Bonchev–Trinajstić information content (AvgIpc) is 2.98. The number of carbonyl (C=O) groups excluding carboxylic acids is 1. The minimum absolute atomic E-state index is 0.155. The summed E-state index contributed by atoms with van der Waals surface area (Å²) in [7, 11) is 0. The molecule has 136 valence electrons. The lowest BCUT2D eigenvalue weighted by Crippen LogP contribution is -2.39. The van der Waals surface area contributed by atoms with Crippen molar-refractivity contribution in [3.8, 4) is 0 Å². The number of amides is 1. The van der Waals surface area contributed by atoms with Gasteiger partial charge in [0.2, 0.25) is 5.91 Å². The highest BCUT2D eigenvalue weighted by Crippen LogP contribution is 2.40. The van der Waals surface area contributed by atoms with Crippen molar-refractivity contribution < 1.29 is 4.79 Å². The number of likely N-dealkylation sites (tertiary alicyclic amines) is 1. The minimum atomic E-state index is 0.155. The van der Waals surface area contributed by atoms with Crippen molar-refractivity contribution in [3.63, 3.8) is 0 Å². The first-order valence-electron chi connectivity index (χ1n) is 9.67. The number of hydrogen-bond acceptors (Lipinski definition) is 1. The molecule has 27 heavy (non-hydrogen) atoms. The molecule has 1 amide bonds. The Hall–Kier alpha value is -2.87. The highest BCUT2D eigenvalue weighted by atomic mass is 16.2. The summed E-state index contributed by atoms with van der Waals surface area (Å²) in [6, 6.07) is 31.7. The predicted octanol–water partition coefficient (Wildman–Crippen LogP) is 5.26. The zero-order chi connectivity index (χ0) is 18.6. The molecule has 0 spiro atoms. The third-order valence-electron chi connectivity index (χ3n) is 5.61. The van der Waals surface area contributed by atoms with Crippen LogP contribution in [0.4, 0.5) is 0 Å². The summed E-state index contributed by atoms with van der Waals surface area (Å²) < 4.78 is 0. The maximum absolute atomic E-state index is 12.9. The van der Waals surface area contributed by atoms with Gasteiger partial charge in [0.05, 0.1) is 0 Å². The molecule has 0 saturated carbocycles. The van der Waals surface area contributed by atoms with Gasteiger partial charge in [0.1, 0.15) is 0 Å². The molecule has 0 radical (unpaired) electrons. The second kappa shape index (κ2) is 7.79. The molecule has 1 heterocycles. The van der Waals surface area contributed by atoms with E-state index in [0.717, 1.165) is 0 Å². The molecule has 3 aromatic carbocycles. The van der Waals surface area contributed by atoms with Crippen LogP contribution >= 0.6 is 0 Å². The first kappa shape index (κ1) is 17.5. The van der Waals surface area contributed by atoms with Crippen LogP contribution in [0.3, 0.4) is 0 Å². The summed E-state index contributed by atoms with van der Waals surface area (Å²) >= 11 is 0. The normalized spacial score (nSPS) is 19.6. The van der Waals surface area contributed by atoms with Gasteiger partial charge in [-0.1, -0.05) is 97.9 Å². The van der Waals surface area contributed by atoms with Gasteiger partial charge in [-0.3, -0.25) is 4.79 Å². The largest absolute Gasteiger partial charge is 0.334 e. The Kier molecular flexibility index (Phi) is 5.06. The molecule has 0 aromatic heterocycles. The van der Waals surface area contributed by atoms with Crippen molar-refractivity contribution in [3.05, 3.63) is 108 Å². The summed E-state index contributed by atoms with van der Waals surface area (Å²) in [5.41, 5.74) is 3.73. The highest BCUT2D eigenvalue weighted by molar-refractivity contribution is 5.79. The lowest BCUT2D eigenvalue weighted by molar-refractivity contribution is -0.129. The number of nitrogens with zero attached hydrogens (tertiary/aromatic N) is 1. The van der Waals surface area contributed by atoms with E-state index in [2.05, 4.69) is 84.6 Å². The quantitative estimate of drug-likeness (QED) is 0.612. The van der Waals surface area contributed by atoms with Gasteiger partial charge in [-0.25, -0.2) is 0 Å². The number of carbonyl (C=O) groups is 1. The molecule has 1 saturated heterocycles. The van der Waals surface area contributed by atoms with E-state index in [1.807, 2.05) is 18.2 Å². The van der Waals surface area contributed by atoms with Crippen LogP contribution < -0.4 is 0 Å². The van der Waals surface area contributed by atoms with Crippen LogP contribution in [0.15, 0.2) is 91.0 Å². The predicted molar refractivity (Wildman–Crippen MR) is 109 cm³/mol. The topological polar surface area (TPSA) is 20.3 Å². The Morgan fingerprint density at radius 3 is 1.81 bits per heavy atom. The maximum Gasteiger partial charge on any atom is 0.223 e. The minimum Gasteiger partial charge on any atom is -0.334 e. The summed E-state index contributed by atoms with van der Waals surface area (Å²) in [6.45, 7) is 2.89. The first-order valence-corrected chi connectivity index (χ1v) is 9.67. The van der Waals surface area contributed by atoms with Crippen LogP contribution in [0.5, 0.6) is 0 Å². The van der Waals surface area contributed by atoms with Gasteiger partial charge in [-0.15, -0.1) is 0 Å². The van der Waals surface area contributed by atoms with Crippen molar-refractivity contribution in [1.82, 2.24) is 4.90 Å². The van der Waals surface area contributed by atoms with Gasteiger partial charge >= 0.3 is 0 Å². The van der Waals surface area contributed by atoms with E-state index in [-0.39, 0.29) is 17.9 Å². The van der Waals surface area contributed by atoms with E-state index in [0.29, 0.717) is 18.9 Å². The van der Waals surface area contributed by atoms with Gasteiger partial charge < -0.3 is 4.90 Å². The maximum atomic E-state index is 12.9. The van der Waals surface area contributed by atoms with E-state index in [9.17, 15) is 4.79 Å². The van der Waals surface area contributed by atoms with E-state index in [1.54, 1.807) is 0 Å². The second-order valence-corrected chi connectivity index (χ2v) is 7.48. The summed E-state index contributed by atoms with van der Waals surface area (Å²) in [5, 5.41) is 0. The Morgan fingerprint density at radius 1 is 0.815 bits per heavy atom. The fraction of sp³-hybridized carbons (Fsp3) is 0.240. The Balaban J connectivity index is 1.75. The van der Waals surface area contributed by atoms with Crippen molar-refractivity contribution >= 4 is 5.91 Å². The summed E-state index contributed by atoms with van der Waals surface area (Å²) in [5.74, 6) is 0.748. The standard InChI is InChI=1S/C25H25NO/c1-19-17-23(27)26(18-20-11-5-2-6-12-20)25(19)24(21-13-7-3-8-14-21)22-15-9-4-10-16-22/h2-16,19,24-25H,17-18H2,1H3/t19-,25-/m0/s1. The molecule has 0 bridgehead atoms. The molecule has 1 fully saturated rings. The molecule has 1 aliphatic rings.